The van der Waals surface area contributed by atoms with E-state index in [2.05, 4.69) is 10.6 Å². The zero-order valence-corrected chi connectivity index (χ0v) is 18.4. The standard InChI is InChI=1S/C23H34FN3O3/c1-5-16(4)25-23(30)21(26-22(29)18-8-6-7-9-19(18)24)17-10-12-27(13-11-17)20(28)14-15(2)3/h6-9,15-17,21H,5,10-14H2,1-4H3,(H,25,30)(H,26,29). The number of likely N-dealkylation sites (tertiary alicyclic amines) is 1. The van der Waals surface area contributed by atoms with E-state index >= 15 is 0 Å². The Kier molecular flexibility index (Phi) is 8.81. The molecule has 1 fully saturated rings. The lowest BCUT2D eigenvalue weighted by Gasteiger charge is -2.36. The van der Waals surface area contributed by atoms with E-state index in [0.717, 1.165) is 6.42 Å². The largest absolute Gasteiger partial charge is 0.352 e. The molecule has 7 heteroatoms. The highest BCUT2D eigenvalue weighted by Crippen LogP contribution is 2.23. The second-order valence-corrected chi connectivity index (χ2v) is 8.57. The lowest BCUT2D eigenvalue weighted by Crippen LogP contribution is -2.55. The third-order valence-electron chi connectivity index (χ3n) is 5.64. The van der Waals surface area contributed by atoms with Crippen LogP contribution in [0, 0.1) is 17.7 Å². The topological polar surface area (TPSA) is 78.5 Å². The van der Waals surface area contributed by atoms with Gasteiger partial charge in [-0.1, -0.05) is 32.9 Å². The minimum absolute atomic E-state index is 0.0296. The molecule has 2 unspecified atom stereocenters. The van der Waals surface area contributed by atoms with Crippen LogP contribution in [0.3, 0.4) is 0 Å². The maximum absolute atomic E-state index is 14.0. The molecule has 0 aliphatic carbocycles. The van der Waals surface area contributed by atoms with Crippen molar-refractivity contribution in [3.63, 3.8) is 0 Å². The summed E-state index contributed by atoms with van der Waals surface area (Å²) in [4.78, 5) is 39.8. The molecule has 0 saturated carbocycles. The summed E-state index contributed by atoms with van der Waals surface area (Å²) >= 11 is 0. The van der Waals surface area contributed by atoms with Crippen molar-refractivity contribution >= 4 is 17.7 Å². The molecule has 0 radical (unpaired) electrons. The van der Waals surface area contributed by atoms with Crippen LogP contribution >= 0.6 is 0 Å². The molecule has 0 aromatic heterocycles. The van der Waals surface area contributed by atoms with Gasteiger partial charge in [0.05, 0.1) is 5.56 Å². The molecule has 2 atom stereocenters. The van der Waals surface area contributed by atoms with Crippen LogP contribution in [0.4, 0.5) is 4.39 Å². The van der Waals surface area contributed by atoms with E-state index in [-0.39, 0.29) is 29.3 Å². The van der Waals surface area contributed by atoms with Crippen molar-refractivity contribution in [1.82, 2.24) is 15.5 Å². The van der Waals surface area contributed by atoms with Crippen LogP contribution in [0.15, 0.2) is 24.3 Å². The predicted molar refractivity (Wildman–Crippen MR) is 114 cm³/mol. The van der Waals surface area contributed by atoms with Gasteiger partial charge in [-0.3, -0.25) is 14.4 Å². The number of nitrogens with one attached hydrogen (secondary N) is 2. The predicted octanol–water partition coefficient (Wildman–Crippen LogP) is 3.12. The van der Waals surface area contributed by atoms with Gasteiger partial charge in [-0.15, -0.1) is 0 Å². The van der Waals surface area contributed by atoms with Crippen molar-refractivity contribution in [2.24, 2.45) is 11.8 Å². The molecule has 2 rings (SSSR count). The first-order valence-electron chi connectivity index (χ1n) is 10.9. The normalized spacial score (nSPS) is 16.8. The molecular formula is C23H34FN3O3. The van der Waals surface area contributed by atoms with Crippen molar-refractivity contribution in [1.29, 1.82) is 0 Å². The maximum atomic E-state index is 14.0. The highest BCUT2D eigenvalue weighted by atomic mass is 19.1. The van der Waals surface area contributed by atoms with Gasteiger partial charge in [0.1, 0.15) is 11.9 Å². The number of rotatable bonds is 8. The van der Waals surface area contributed by atoms with E-state index < -0.39 is 17.8 Å². The van der Waals surface area contributed by atoms with Crippen LogP contribution < -0.4 is 10.6 Å². The van der Waals surface area contributed by atoms with Gasteiger partial charge in [-0.05, 0) is 50.2 Å². The third kappa shape index (κ3) is 6.54. The van der Waals surface area contributed by atoms with E-state index in [9.17, 15) is 18.8 Å². The number of piperidine rings is 1. The summed E-state index contributed by atoms with van der Waals surface area (Å²) in [5, 5.41) is 5.69. The Labute approximate surface area is 178 Å². The lowest BCUT2D eigenvalue weighted by atomic mass is 9.88. The summed E-state index contributed by atoms with van der Waals surface area (Å²) in [5.41, 5.74) is -0.0802. The van der Waals surface area contributed by atoms with Gasteiger partial charge in [0.2, 0.25) is 11.8 Å². The van der Waals surface area contributed by atoms with Crippen LogP contribution in [-0.4, -0.2) is 47.8 Å². The van der Waals surface area contributed by atoms with Crippen molar-refractivity contribution in [3.05, 3.63) is 35.6 Å². The van der Waals surface area contributed by atoms with E-state index in [1.54, 1.807) is 6.07 Å². The molecule has 1 aromatic rings. The molecule has 1 saturated heterocycles. The number of halogens is 1. The number of nitrogens with zero attached hydrogens (tertiary/aromatic N) is 1. The number of carbonyl (C=O) groups is 3. The first kappa shape index (κ1) is 23.8. The zero-order valence-electron chi connectivity index (χ0n) is 18.4. The van der Waals surface area contributed by atoms with Crippen LogP contribution in [0.5, 0.6) is 0 Å². The summed E-state index contributed by atoms with van der Waals surface area (Å²) in [6.45, 7) is 9.01. The summed E-state index contributed by atoms with van der Waals surface area (Å²) < 4.78 is 14.0. The first-order valence-corrected chi connectivity index (χ1v) is 10.9. The van der Waals surface area contributed by atoms with E-state index in [1.165, 1.54) is 18.2 Å². The monoisotopic (exact) mass is 419 g/mol. The second-order valence-electron chi connectivity index (χ2n) is 8.57. The second kappa shape index (κ2) is 11.1. The smallest absolute Gasteiger partial charge is 0.254 e. The molecule has 0 spiro atoms. The molecule has 3 amide bonds. The molecule has 1 aromatic carbocycles. The first-order chi connectivity index (χ1) is 14.2. The summed E-state index contributed by atoms with van der Waals surface area (Å²) in [5.74, 6) is -1.18. The molecule has 0 bridgehead atoms. The van der Waals surface area contributed by atoms with Gasteiger partial charge in [-0.2, -0.15) is 0 Å². The van der Waals surface area contributed by atoms with E-state index in [4.69, 9.17) is 0 Å². The molecule has 6 nitrogen and oxygen atoms in total. The number of carbonyl (C=O) groups excluding carboxylic acids is 3. The maximum Gasteiger partial charge on any atom is 0.254 e. The highest BCUT2D eigenvalue weighted by Gasteiger charge is 2.34. The van der Waals surface area contributed by atoms with Crippen molar-refractivity contribution in [3.8, 4) is 0 Å². The van der Waals surface area contributed by atoms with Crippen LogP contribution in [0.2, 0.25) is 0 Å². The molecular weight excluding hydrogens is 385 g/mol. The summed E-state index contributed by atoms with van der Waals surface area (Å²) in [6, 6.07) is 4.93. The molecule has 30 heavy (non-hydrogen) atoms. The Bertz CT molecular complexity index is 745. The van der Waals surface area contributed by atoms with E-state index in [0.29, 0.717) is 38.3 Å². The van der Waals surface area contributed by atoms with Crippen molar-refractivity contribution < 1.29 is 18.8 Å². The van der Waals surface area contributed by atoms with Gasteiger partial charge in [0, 0.05) is 25.6 Å². The minimum atomic E-state index is -0.770. The third-order valence-corrected chi connectivity index (χ3v) is 5.64. The summed E-state index contributed by atoms with van der Waals surface area (Å²) in [7, 11) is 0. The average Bonchev–Trinajstić information content (AvgIpc) is 2.71. The number of amides is 3. The number of hydrogen-bond acceptors (Lipinski definition) is 3. The van der Waals surface area contributed by atoms with Gasteiger partial charge in [0.15, 0.2) is 0 Å². The van der Waals surface area contributed by atoms with Crippen LogP contribution in [0.1, 0.15) is 63.7 Å². The quantitative estimate of drug-likeness (QED) is 0.680. The number of benzene rings is 1. The van der Waals surface area contributed by atoms with Crippen molar-refractivity contribution in [2.45, 2.75) is 65.5 Å². The lowest BCUT2D eigenvalue weighted by molar-refractivity contribution is -0.133. The molecule has 166 valence electrons. The van der Waals surface area contributed by atoms with Gasteiger partial charge in [-0.25, -0.2) is 4.39 Å². The molecule has 1 aliphatic heterocycles. The minimum Gasteiger partial charge on any atom is -0.352 e. The zero-order chi connectivity index (χ0) is 22.3. The highest BCUT2D eigenvalue weighted by molar-refractivity contribution is 5.97. The Morgan fingerprint density at radius 3 is 2.30 bits per heavy atom. The molecule has 1 heterocycles. The Hall–Kier alpha value is -2.44. The fraction of sp³-hybridized carbons (Fsp3) is 0.609. The van der Waals surface area contributed by atoms with Gasteiger partial charge < -0.3 is 15.5 Å². The Morgan fingerprint density at radius 2 is 1.73 bits per heavy atom. The average molecular weight is 420 g/mol. The molecule has 1 aliphatic rings. The van der Waals surface area contributed by atoms with Gasteiger partial charge >= 0.3 is 0 Å². The SMILES string of the molecule is CCC(C)NC(=O)C(NC(=O)c1ccccc1F)C1CCN(C(=O)CC(C)C)CC1. The summed E-state index contributed by atoms with van der Waals surface area (Å²) in [6.07, 6.45) is 2.49. The molecule has 2 N–H and O–H groups in total. The number of hydrogen-bond donors (Lipinski definition) is 2. The Balaban J connectivity index is 2.10. The fourth-order valence-corrected chi connectivity index (χ4v) is 3.66. The Morgan fingerprint density at radius 1 is 1.10 bits per heavy atom. The van der Waals surface area contributed by atoms with Crippen LogP contribution in [-0.2, 0) is 9.59 Å². The fourth-order valence-electron chi connectivity index (χ4n) is 3.66. The van der Waals surface area contributed by atoms with Crippen molar-refractivity contribution in [2.75, 3.05) is 13.1 Å². The van der Waals surface area contributed by atoms with Crippen LogP contribution in [0.25, 0.3) is 0 Å². The van der Waals surface area contributed by atoms with E-state index in [1.807, 2.05) is 32.6 Å². The van der Waals surface area contributed by atoms with Gasteiger partial charge in [0.25, 0.3) is 5.91 Å².